The summed E-state index contributed by atoms with van der Waals surface area (Å²) >= 11 is 5.77. The standard InChI is InChI=1S/C14H19ClN2O/c1-10(2)17-13-7-6-11(18-3)9-12(13)16-14(17)5-4-8-15/h6-7,9-10H,4-5,8H2,1-3H3. The summed E-state index contributed by atoms with van der Waals surface area (Å²) in [5, 5.41) is 0. The predicted molar refractivity (Wildman–Crippen MR) is 75.7 cm³/mol. The number of rotatable bonds is 5. The van der Waals surface area contributed by atoms with Gasteiger partial charge in [0.25, 0.3) is 0 Å². The molecule has 18 heavy (non-hydrogen) atoms. The summed E-state index contributed by atoms with van der Waals surface area (Å²) in [4.78, 5) is 4.70. The zero-order chi connectivity index (χ0) is 13.1. The van der Waals surface area contributed by atoms with E-state index in [1.54, 1.807) is 7.11 Å². The monoisotopic (exact) mass is 266 g/mol. The van der Waals surface area contributed by atoms with Gasteiger partial charge in [0.2, 0.25) is 0 Å². The number of hydrogen-bond acceptors (Lipinski definition) is 2. The van der Waals surface area contributed by atoms with Gasteiger partial charge in [0.15, 0.2) is 0 Å². The van der Waals surface area contributed by atoms with Crippen molar-refractivity contribution in [1.82, 2.24) is 9.55 Å². The largest absolute Gasteiger partial charge is 0.497 e. The van der Waals surface area contributed by atoms with Gasteiger partial charge in [-0.05, 0) is 32.4 Å². The molecule has 0 spiro atoms. The molecule has 0 unspecified atom stereocenters. The summed E-state index contributed by atoms with van der Waals surface area (Å²) in [6.07, 6.45) is 1.87. The van der Waals surface area contributed by atoms with E-state index in [1.165, 1.54) is 0 Å². The van der Waals surface area contributed by atoms with E-state index in [1.807, 2.05) is 12.1 Å². The number of benzene rings is 1. The van der Waals surface area contributed by atoms with Gasteiger partial charge in [0.1, 0.15) is 11.6 Å². The fourth-order valence-electron chi connectivity index (χ4n) is 2.23. The molecule has 0 saturated carbocycles. The highest BCUT2D eigenvalue weighted by atomic mass is 35.5. The molecule has 1 aromatic heterocycles. The minimum Gasteiger partial charge on any atom is -0.497 e. The van der Waals surface area contributed by atoms with Crippen molar-refractivity contribution in [3.05, 3.63) is 24.0 Å². The van der Waals surface area contributed by atoms with Crippen LogP contribution in [0.1, 0.15) is 32.1 Å². The summed E-state index contributed by atoms with van der Waals surface area (Å²) in [6.45, 7) is 4.35. The van der Waals surface area contributed by atoms with E-state index in [9.17, 15) is 0 Å². The molecule has 0 aliphatic heterocycles. The van der Waals surface area contributed by atoms with Crippen LogP contribution in [-0.4, -0.2) is 22.5 Å². The predicted octanol–water partition coefficient (Wildman–Crippen LogP) is 3.80. The van der Waals surface area contributed by atoms with E-state index < -0.39 is 0 Å². The van der Waals surface area contributed by atoms with Gasteiger partial charge in [0, 0.05) is 24.4 Å². The van der Waals surface area contributed by atoms with Crippen LogP contribution < -0.4 is 4.74 Å². The molecule has 0 N–H and O–H groups in total. The molecule has 2 rings (SSSR count). The Morgan fingerprint density at radius 3 is 2.78 bits per heavy atom. The smallest absolute Gasteiger partial charge is 0.121 e. The first-order valence-corrected chi connectivity index (χ1v) is 6.81. The number of ether oxygens (including phenoxy) is 1. The highest BCUT2D eigenvalue weighted by Gasteiger charge is 2.13. The highest BCUT2D eigenvalue weighted by Crippen LogP contribution is 2.25. The van der Waals surface area contributed by atoms with Crippen LogP contribution in [0.4, 0.5) is 0 Å². The molecule has 4 heteroatoms. The minimum atomic E-state index is 0.397. The zero-order valence-electron chi connectivity index (χ0n) is 11.1. The Bertz CT molecular complexity index is 534. The lowest BCUT2D eigenvalue weighted by molar-refractivity contribution is 0.415. The lowest BCUT2D eigenvalue weighted by atomic mass is 10.2. The number of aromatic nitrogens is 2. The van der Waals surface area contributed by atoms with Gasteiger partial charge in [-0.15, -0.1) is 11.6 Å². The first-order valence-electron chi connectivity index (χ1n) is 6.28. The maximum Gasteiger partial charge on any atom is 0.121 e. The summed E-state index contributed by atoms with van der Waals surface area (Å²) in [7, 11) is 1.68. The molecule has 98 valence electrons. The third-order valence-corrected chi connectivity index (χ3v) is 3.29. The van der Waals surface area contributed by atoms with Crippen LogP contribution in [-0.2, 0) is 6.42 Å². The number of methoxy groups -OCH3 is 1. The van der Waals surface area contributed by atoms with Crippen molar-refractivity contribution in [3.8, 4) is 5.75 Å². The Morgan fingerprint density at radius 1 is 1.39 bits per heavy atom. The third-order valence-electron chi connectivity index (χ3n) is 3.02. The molecule has 1 heterocycles. The van der Waals surface area contributed by atoms with Crippen molar-refractivity contribution < 1.29 is 4.74 Å². The Labute approximate surface area is 113 Å². The third kappa shape index (κ3) is 2.46. The zero-order valence-corrected chi connectivity index (χ0v) is 11.9. The SMILES string of the molecule is COc1ccc2c(c1)nc(CCCCl)n2C(C)C. The number of imidazole rings is 1. The molecule has 0 atom stereocenters. The number of alkyl halides is 1. The van der Waals surface area contributed by atoms with Crippen LogP contribution in [0.15, 0.2) is 18.2 Å². The number of nitrogens with zero attached hydrogens (tertiary/aromatic N) is 2. The Morgan fingerprint density at radius 2 is 2.17 bits per heavy atom. The lowest BCUT2D eigenvalue weighted by Gasteiger charge is -2.12. The second kappa shape index (κ2) is 5.61. The second-order valence-electron chi connectivity index (χ2n) is 4.64. The summed E-state index contributed by atoms with van der Waals surface area (Å²) < 4.78 is 7.52. The molecule has 1 aromatic carbocycles. The van der Waals surface area contributed by atoms with E-state index in [4.69, 9.17) is 21.3 Å². The van der Waals surface area contributed by atoms with Gasteiger partial charge in [-0.1, -0.05) is 0 Å². The molecule has 0 aliphatic carbocycles. The molecule has 0 radical (unpaired) electrons. The van der Waals surface area contributed by atoms with Crippen LogP contribution in [0.5, 0.6) is 5.75 Å². The summed E-state index contributed by atoms with van der Waals surface area (Å²) in [6, 6.07) is 6.44. The molecule has 3 nitrogen and oxygen atoms in total. The molecule has 0 aliphatic rings. The van der Waals surface area contributed by atoms with Gasteiger partial charge in [-0.3, -0.25) is 0 Å². The highest BCUT2D eigenvalue weighted by molar-refractivity contribution is 6.17. The van der Waals surface area contributed by atoms with Crippen molar-refractivity contribution in [1.29, 1.82) is 0 Å². The van der Waals surface area contributed by atoms with E-state index in [0.29, 0.717) is 11.9 Å². The molecular formula is C14H19ClN2O. The molecule has 0 amide bonds. The Balaban J connectivity index is 2.51. The van der Waals surface area contributed by atoms with Gasteiger partial charge in [0.05, 0.1) is 18.1 Å². The Kier molecular flexibility index (Phi) is 4.12. The van der Waals surface area contributed by atoms with Gasteiger partial charge in [-0.2, -0.15) is 0 Å². The van der Waals surface area contributed by atoms with Crippen molar-refractivity contribution in [2.45, 2.75) is 32.7 Å². The first kappa shape index (κ1) is 13.2. The fourth-order valence-corrected chi connectivity index (χ4v) is 2.37. The van der Waals surface area contributed by atoms with E-state index in [0.717, 1.165) is 35.4 Å². The molecule has 0 saturated heterocycles. The molecule has 0 fully saturated rings. The van der Waals surface area contributed by atoms with Crippen molar-refractivity contribution >= 4 is 22.6 Å². The number of fused-ring (bicyclic) bond motifs is 1. The number of aryl methyl sites for hydroxylation is 1. The molecular weight excluding hydrogens is 248 g/mol. The van der Waals surface area contributed by atoms with Crippen LogP contribution in [0.2, 0.25) is 0 Å². The van der Waals surface area contributed by atoms with E-state index >= 15 is 0 Å². The van der Waals surface area contributed by atoms with Crippen molar-refractivity contribution in [2.24, 2.45) is 0 Å². The van der Waals surface area contributed by atoms with Gasteiger partial charge >= 0.3 is 0 Å². The minimum absolute atomic E-state index is 0.397. The van der Waals surface area contributed by atoms with E-state index in [2.05, 4.69) is 24.5 Å². The average molecular weight is 267 g/mol. The maximum absolute atomic E-state index is 5.77. The van der Waals surface area contributed by atoms with Crippen molar-refractivity contribution in [3.63, 3.8) is 0 Å². The number of halogens is 1. The average Bonchev–Trinajstić information content (AvgIpc) is 2.73. The van der Waals surface area contributed by atoms with Crippen LogP contribution in [0, 0.1) is 0 Å². The topological polar surface area (TPSA) is 27.1 Å². The fraction of sp³-hybridized carbons (Fsp3) is 0.500. The second-order valence-corrected chi connectivity index (χ2v) is 5.02. The number of hydrogen-bond donors (Lipinski definition) is 0. The van der Waals surface area contributed by atoms with Crippen LogP contribution in [0.3, 0.4) is 0 Å². The summed E-state index contributed by atoms with van der Waals surface area (Å²) in [5.41, 5.74) is 2.16. The molecule has 0 bridgehead atoms. The lowest BCUT2D eigenvalue weighted by Crippen LogP contribution is -2.06. The van der Waals surface area contributed by atoms with E-state index in [-0.39, 0.29) is 0 Å². The first-order chi connectivity index (χ1) is 8.67. The van der Waals surface area contributed by atoms with Gasteiger partial charge in [-0.25, -0.2) is 4.98 Å². The quantitative estimate of drug-likeness (QED) is 0.770. The normalized spacial score (nSPS) is 11.4. The van der Waals surface area contributed by atoms with Crippen molar-refractivity contribution in [2.75, 3.05) is 13.0 Å². The van der Waals surface area contributed by atoms with Gasteiger partial charge < -0.3 is 9.30 Å². The summed E-state index contributed by atoms with van der Waals surface area (Å²) in [5.74, 6) is 2.62. The molecule has 2 aromatic rings. The van der Waals surface area contributed by atoms with Crippen LogP contribution >= 0.6 is 11.6 Å². The van der Waals surface area contributed by atoms with Crippen LogP contribution in [0.25, 0.3) is 11.0 Å². The Hall–Kier alpha value is -1.22. The maximum atomic E-state index is 5.77.